The first kappa shape index (κ1) is 10.2. The SMILES string of the molecule is CCC1=NN(CCC(C)C)C(=O)C1. The van der Waals surface area contributed by atoms with Crippen molar-refractivity contribution in [1.82, 2.24) is 5.01 Å². The van der Waals surface area contributed by atoms with E-state index in [4.69, 9.17) is 0 Å². The molecule has 0 N–H and O–H groups in total. The lowest BCUT2D eigenvalue weighted by Crippen LogP contribution is -2.22. The number of carbonyl (C=O) groups excluding carboxylic acids is 1. The fraction of sp³-hybridized carbons (Fsp3) is 0.800. The molecule has 1 heterocycles. The van der Waals surface area contributed by atoms with E-state index in [9.17, 15) is 4.79 Å². The summed E-state index contributed by atoms with van der Waals surface area (Å²) in [6.45, 7) is 7.13. The molecular weight excluding hydrogens is 164 g/mol. The Morgan fingerprint density at radius 3 is 2.69 bits per heavy atom. The molecule has 0 saturated carbocycles. The molecule has 0 fully saturated rings. The average Bonchev–Trinajstić information content (AvgIpc) is 2.43. The summed E-state index contributed by atoms with van der Waals surface area (Å²) < 4.78 is 0. The maximum atomic E-state index is 11.4. The van der Waals surface area contributed by atoms with Crippen LogP contribution in [0, 0.1) is 5.92 Å². The summed E-state index contributed by atoms with van der Waals surface area (Å²) in [7, 11) is 0. The zero-order chi connectivity index (χ0) is 9.84. The van der Waals surface area contributed by atoms with Crippen LogP contribution in [0.2, 0.25) is 0 Å². The lowest BCUT2D eigenvalue weighted by molar-refractivity contribution is -0.128. The fourth-order valence-electron chi connectivity index (χ4n) is 1.28. The second-order valence-electron chi connectivity index (χ2n) is 3.90. The van der Waals surface area contributed by atoms with E-state index in [-0.39, 0.29) is 5.91 Å². The number of nitrogens with zero attached hydrogens (tertiary/aromatic N) is 2. The monoisotopic (exact) mass is 182 g/mol. The topological polar surface area (TPSA) is 32.7 Å². The van der Waals surface area contributed by atoms with E-state index in [0.29, 0.717) is 12.3 Å². The van der Waals surface area contributed by atoms with Gasteiger partial charge in [0, 0.05) is 12.3 Å². The van der Waals surface area contributed by atoms with Gasteiger partial charge in [0.1, 0.15) is 0 Å². The first-order valence-corrected chi connectivity index (χ1v) is 5.00. The third-order valence-electron chi connectivity index (χ3n) is 2.23. The van der Waals surface area contributed by atoms with Crippen LogP contribution >= 0.6 is 0 Å². The molecule has 0 aromatic rings. The van der Waals surface area contributed by atoms with Crippen molar-refractivity contribution in [3.8, 4) is 0 Å². The van der Waals surface area contributed by atoms with Crippen molar-refractivity contribution in [3.63, 3.8) is 0 Å². The number of hydrazone groups is 1. The van der Waals surface area contributed by atoms with Gasteiger partial charge >= 0.3 is 0 Å². The average molecular weight is 182 g/mol. The van der Waals surface area contributed by atoms with E-state index < -0.39 is 0 Å². The predicted octanol–water partition coefficient (Wildman–Crippen LogP) is 2.03. The van der Waals surface area contributed by atoms with Crippen LogP contribution in [0.5, 0.6) is 0 Å². The van der Waals surface area contributed by atoms with Crippen LogP contribution in [0.1, 0.15) is 40.0 Å². The quantitative estimate of drug-likeness (QED) is 0.654. The highest BCUT2D eigenvalue weighted by molar-refractivity contribution is 6.04. The predicted molar refractivity (Wildman–Crippen MR) is 53.5 cm³/mol. The third-order valence-corrected chi connectivity index (χ3v) is 2.23. The minimum absolute atomic E-state index is 0.164. The summed E-state index contributed by atoms with van der Waals surface area (Å²) in [6.07, 6.45) is 2.46. The van der Waals surface area contributed by atoms with Crippen molar-refractivity contribution in [2.75, 3.05) is 6.54 Å². The Bertz CT molecular complexity index is 221. The van der Waals surface area contributed by atoms with Gasteiger partial charge in [-0.25, -0.2) is 5.01 Å². The molecule has 1 rings (SSSR count). The Morgan fingerprint density at radius 2 is 2.23 bits per heavy atom. The molecule has 74 valence electrons. The van der Waals surface area contributed by atoms with E-state index in [1.807, 2.05) is 6.92 Å². The zero-order valence-electron chi connectivity index (χ0n) is 8.71. The molecule has 1 amide bonds. The van der Waals surface area contributed by atoms with E-state index >= 15 is 0 Å². The number of amides is 1. The van der Waals surface area contributed by atoms with Gasteiger partial charge in [0.25, 0.3) is 0 Å². The standard InChI is InChI=1S/C10H18N2O/c1-4-9-7-10(13)12(11-9)6-5-8(2)3/h8H,4-7H2,1-3H3. The highest BCUT2D eigenvalue weighted by Gasteiger charge is 2.21. The van der Waals surface area contributed by atoms with Gasteiger partial charge in [0.15, 0.2) is 0 Å². The van der Waals surface area contributed by atoms with Gasteiger partial charge in [-0.3, -0.25) is 4.79 Å². The van der Waals surface area contributed by atoms with Crippen LogP contribution in [-0.4, -0.2) is 23.2 Å². The molecule has 0 saturated heterocycles. The van der Waals surface area contributed by atoms with Crippen molar-refractivity contribution < 1.29 is 4.79 Å². The number of rotatable bonds is 4. The van der Waals surface area contributed by atoms with Crippen LogP contribution in [0.25, 0.3) is 0 Å². The number of hydrogen-bond acceptors (Lipinski definition) is 2. The summed E-state index contributed by atoms with van der Waals surface area (Å²) in [4.78, 5) is 11.4. The van der Waals surface area contributed by atoms with Crippen molar-refractivity contribution in [2.24, 2.45) is 11.0 Å². The van der Waals surface area contributed by atoms with Crippen molar-refractivity contribution >= 4 is 11.6 Å². The van der Waals surface area contributed by atoms with E-state index in [1.165, 1.54) is 0 Å². The maximum Gasteiger partial charge on any atom is 0.248 e. The highest BCUT2D eigenvalue weighted by Crippen LogP contribution is 2.12. The second-order valence-corrected chi connectivity index (χ2v) is 3.90. The third kappa shape index (κ3) is 2.83. The molecular formula is C10H18N2O. The lowest BCUT2D eigenvalue weighted by Gasteiger charge is -2.12. The van der Waals surface area contributed by atoms with E-state index in [2.05, 4.69) is 18.9 Å². The molecule has 3 nitrogen and oxygen atoms in total. The maximum absolute atomic E-state index is 11.4. The molecule has 3 heteroatoms. The summed E-state index contributed by atoms with van der Waals surface area (Å²) in [5.41, 5.74) is 1.02. The van der Waals surface area contributed by atoms with Crippen LogP contribution < -0.4 is 0 Å². The van der Waals surface area contributed by atoms with Crippen molar-refractivity contribution in [1.29, 1.82) is 0 Å². The molecule has 1 aliphatic heterocycles. The van der Waals surface area contributed by atoms with Crippen LogP contribution in [0.15, 0.2) is 5.10 Å². The molecule has 0 unspecified atom stereocenters. The first-order valence-electron chi connectivity index (χ1n) is 5.00. The van der Waals surface area contributed by atoms with Crippen LogP contribution in [-0.2, 0) is 4.79 Å². The van der Waals surface area contributed by atoms with Crippen LogP contribution in [0.4, 0.5) is 0 Å². The minimum Gasteiger partial charge on any atom is -0.273 e. The molecule has 0 aliphatic carbocycles. The van der Waals surface area contributed by atoms with Gasteiger partial charge in [0.05, 0.1) is 6.42 Å². The van der Waals surface area contributed by atoms with Gasteiger partial charge in [-0.2, -0.15) is 5.10 Å². The fourth-order valence-corrected chi connectivity index (χ4v) is 1.28. The first-order chi connectivity index (χ1) is 6.13. The van der Waals surface area contributed by atoms with Gasteiger partial charge in [0.2, 0.25) is 5.91 Å². The molecule has 0 spiro atoms. The molecule has 0 aromatic carbocycles. The number of hydrogen-bond donors (Lipinski definition) is 0. The summed E-state index contributed by atoms with van der Waals surface area (Å²) in [5, 5.41) is 5.88. The number of carbonyl (C=O) groups is 1. The Hall–Kier alpha value is -0.860. The van der Waals surface area contributed by atoms with E-state index in [1.54, 1.807) is 5.01 Å². The van der Waals surface area contributed by atoms with Gasteiger partial charge < -0.3 is 0 Å². The normalized spacial score (nSPS) is 17.1. The zero-order valence-corrected chi connectivity index (χ0v) is 8.71. The lowest BCUT2D eigenvalue weighted by atomic mass is 10.1. The van der Waals surface area contributed by atoms with Crippen molar-refractivity contribution in [2.45, 2.75) is 40.0 Å². The summed E-state index contributed by atoms with van der Waals surface area (Å²) in [5.74, 6) is 0.797. The molecule has 1 aliphatic rings. The Labute approximate surface area is 79.8 Å². The highest BCUT2D eigenvalue weighted by atomic mass is 16.2. The Balaban J connectivity index is 2.41. The summed E-state index contributed by atoms with van der Waals surface area (Å²) >= 11 is 0. The smallest absolute Gasteiger partial charge is 0.248 e. The molecule has 0 bridgehead atoms. The molecule has 0 atom stereocenters. The van der Waals surface area contributed by atoms with Crippen LogP contribution in [0.3, 0.4) is 0 Å². The minimum atomic E-state index is 0.164. The second kappa shape index (κ2) is 4.40. The Morgan fingerprint density at radius 1 is 1.54 bits per heavy atom. The van der Waals surface area contributed by atoms with Gasteiger partial charge in [-0.1, -0.05) is 20.8 Å². The molecule has 0 radical (unpaired) electrons. The summed E-state index contributed by atoms with van der Waals surface area (Å²) in [6, 6.07) is 0. The largest absolute Gasteiger partial charge is 0.273 e. The Kier molecular flexibility index (Phi) is 3.46. The molecule has 0 aromatic heterocycles. The van der Waals surface area contributed by atoms with Gasteiger partial charge in [-0.15, -0.1) is 0 Å². The molecule has 13 heavy (non-hydrogen) atoms. The van der Waals surface area contributed by atoms with Gasteiger partial charge in [-0.05, 0) is 18.8 Å². The van der Waals surface area contributed by atoms with E-state index in [0.717, 1.165) is 25.1 Å². The van der Waals surface area contributed by atoms with Crippen molar-refractivity contribution in [3.05, 3.63) is 0 Å².